The van der Waals surface area contributed by atoms with E-state index in [2.05, 4.69) is 19.2 Å². The molecule has 0 amide bonds. The monoisotopic (exact) mass is 392 g/mol. The van der Waals surface area contributed by atoms with Crippen LogP contribution < -0.4 is 5.32 Å². The lowest BCUT2D eigenvalue weighted by Gasteiger charge is -2.32. The smallest absolute Gasteiger partial charge is 0.293 e. The van der Waals surface area contributed by atoms with Crippen LogP contribution in [0.25, 0.3) is 0 Å². The molecule has 6 heteroatoms. The predicted octanol–water partition coefficient (Wildman–Crippen LogP) is 4.58. The van der Waals surface area contributed by atoms with Crippen LogP contribution in [0, 0.1) is 31.3 Å². The summed E-state index contributed by atoms with van der Waals surface area (Å²) < 4.78 is 13.9. The maximum Gasteiger partial charge on any atom is 0.293 e. The maximum absolute atomic E-state index is 13.7. The van der Waals surface area contributed by atoms with Crippen molar-refractivity contribution in [3.05, 3.63) is 31.6 Å². The van der Waals surface area contributed by atoms with Gasteiger partial charge in [-0.15, -0.1) is 0 Å². The van der Waals surface area contributed by atoms with Crippen molar-refractivity contribution in [2.45, 2.75) is 39.2 Å². The van der Waals surface area contributed by atoms with Crippen molar-refractivity contribution in [2.24, 2.45) is 11.8 Å². The summed E-state index contributed by atoms with van der Waals surface area (Å²) in [5.41, 5.74) is 0.237. The fourth-order valence-corrected chi connectivity index (χ4v) is 3.54. The topological polar surface area (TPSA) is 55.2 Å². The Balaban J connectivity index is 2.24. The minimum absolute atomic E-state index is 0.0540. The summed E-state index contributed by atoms with van der Waals surface area (Å²) in [4.78, 5) is 10.6. The van der Waals surface area contributed by atoms with Gasteiger partial charge in [-0.2, -0.15) is 0 Å². The molecule has 0 aromatic heterocycles. The standard InChI is InChI=1S/C14H18FIN2O2/c1-8-3-9(2)5-10(4-8)17-13-6-11(15)12(16)7-14(13)18(19)20/h6-10,17H,3-5H2,1-2H3. The van der Waals surface area contributed by atoms with Crippen molar-refractivity contribution < 1.29 is 9.31 Å². The molecule has 1 N–H and O–H groups in total. The van der Waals surface area contributed by atoms with E-state index in [1.807, 2.05) is 0 Å². The molecule has 0 bridgehead atoms. The van der Waals surface area contributed by atoms with Crippen molar-refractivity contribution in [2.75, 3.05) is 5.32 Å². The van der Waals surface area contributed by atoms with E-state index in [-0.39, 0.29) is 15.3 Å². The lowest BCUT2D eigenvalue weighted by molar-refractivity contribution is -0.384. The zero-order chi connectivity index (χ0) is 14.9. The molecule has 110 valence electrons. The van der Waals surface area contributed by atoms with Gasteiger partial charge in [-0.05, 0) is 53.7 Å². The second kappa shape index (κ2) is 6.24. The van der Waals surface area contributed by atoms with Gasteiger partial charge in [-0.25, -0.2) is 4.39 Å². The van der Waals surface area contributed by atoms with E-state index in [1.165, 1.54) is 18.6 Å². The molecule has 1 aromatic carbocycles. The minimum atomic E-state index is -0.459. The van der Waals surface area contributed by atoms with E-state index >= 15 is 0 Å². The molecule has 20 heavy (non-hydrogen) atoms. The Labute approximate surface area is 131 Å². The van der Waals surface area contributed by atoms with Crippen LogP contribution in [-0.4, -0.2) is 11.0 Å². The van der Waals surface area contributed by atoms with Crippen LogP contribution >= 0.6 is 22.6 Å². The van der Waals surface area contributed by atoms with E-state index in [9.17, 15) is 14.5 Å². The molecule has 0 aliphatic heterocycles. The lowest BCUT2D eigenvalue weighted by atomic mass is 9.80. The Morgan fingerprint density at radius 1 is 1.30 bits per heavy atom. The van der Waals surface area contributed by atoms with Crippen LogP contribution in [0.5, 0.6) is 0 Å². The molecule has 4 nitrogen and oxygen atoms in total. The quantitative estimate of drug-likeness (QED) is 0.466. The maximum atomic E-state index is 13.7. The zero-order valence-corrected chi connectivity index (χ0v) is 13.7. The molecule has 1 aromatic rings. The first kappa shape index (κ1) is 15.5. The number of anilines is 1. The first-order valence-electron chi connectivity index (χ1n) is 6.76. The van der Waals surface area contributed by atoms with Crippen LogP contribution in [0.2, 0.25) is 0 Å². The third-order valence-electron chi connectivity index (χ3n) is 3.77. The number of nitro groups is 1. The zero-order valence-electron chi connectivity index (χ0n) is 11.5. The number of nitrogens with zero attached hydrogens (tertiary/aromatic N) is 1. The molecule has 1 saturated carbocycles. The number of rotatable bonds is 3. The Hall–Kier alpha value is -0.920. The summed E-state index contributed by atoms with van der Waals surface area (Å²) in [7, 11) is 0. The molecule has 1 aliphatic carbocycles. The average Bonchev–Trinajstić information content (AvgIpc) is 2.31. The molecule has 0 heterocycles. The number of nitro benzene ring substituents is 1. The van der Waals surface area contributed by atoms with Gasteiger partial charge in [-0.3, -0.25) is 10.1 Å². The van der Waals surface area contributed by atoms with Crippen molar-refractivity contribution >= 4 is 34.0 Å². The van der Waals surface area contributed by atoms with Crippen molar-refractivity contribution in [1.29, 1.82) is 0 Å². The Morgan fingerprint density at radius 2 is 1.90 bits per heavy atom. The first-order chi connectivity index (χ1) is 9.36. The van der Waals surface area contributed by atoms with Gasteiger partial charge < -0.3 is 5.32 Å². The Bertz CT molecular complexity index is 514. The second-order valence-electron chi connectivity index (χ2n) is 5.80. The summed E-state index contributed by atoms with van der Waals surface area (Å²) in [5.74, 6) is 0.753. The molecule has 2 unspecified atom stereocenters. The molecule has 2 atom stereocenters. The van der Waals surface area contributed by atoms with E-state index in [1.54, 1.807) is 22.6 Å². The predicted molar refractivity (Wildman–Crippen MR) is 85.4 cm³/mol. The summed E-state index contributed by atoms with van der Waals surface area (Å²) in [6, 6.07) is 2.70. The highest BCUT2D eigenvalue weighted by Gasteiger charge is 2.26. The number of hydrogen-bond donors (Lipinski definition) is 1. The number of nitrogens with one attached hydrogen (secondary N) is 1. The summed E-state index contributed by atoms with van der Waals surface area (Å²) >= 11 is 1.77. The molecule has 0 saturated heterocycles. The fourth-order valence-electron chi connectivity index (χ4n) is 3.09. The van der Waals surface area contributed by atoms with E-state index < -0.39 is 10.7 Å². The minimum Gasteiger partial charge on any atom is -0.377 e. The SMILES string of the molecule is CC1CC(C)CC(Nc2cc(F)c(I)cc2[N+](=O)[O-])C1. The van der Waals surface area contributed by atoms with Crippen molar-refractivity contribution in [3.63, 3.8) is 0 Å². The van der Waals surface area contributed by atoms with Crippen LogP contribution in [0.3, 0.4) is 0 Å². The van der Waals surface area contributed by atoms with Gasteiger partial charge in [0.2, 0.25) is 0 Å². The Morgan fingerprint density at radius 3 is 2.45 bits per heavy atom. The number of halogens is 2. The van der Waals surface area contributed by atoms with Gasteiger partial charge in [0.1, 0.15) is 11.5 Å². The van der Waals surface area contributed by atoms with E-state index in [4.69, 9.17) is 0 Å². The van der Waals surface area contributed by atoms with Gasteiger partial charge in [0.05, 0.1) is 8.49 Å². The van der Waals surface area contributed by atoms with Crippen LogP contribution in [0.15, 0.2) is 12.1 Å². The van der Waals surface area contributed by atoms with Crippen molar-refractivity contribution in [1.82, 2.24) is 0 Å². The van der Waals surface area contributed by atoms with Crippen LogP contribution in [0.4, 0.5) is 15.8 Å². The number of benzene rings is 1. The van der Waals surface area contributed by atoms with Gasteiger partial charge >= 0.3 is 0 Å². The van der Waals surface area contributed by atoms with Crippen LogP contribution in [-0.2, 0) is 0 Å². The molecule has 1 aliphatic rings. The molecule has 0 spiro atoms. The van der Waals surface area contributed by atoms with Gasteiger partial charge in [0.15, 0.2) is 0 Å². The van der Waals surface area contributed by atoms with E-state index in [0.29, 0.717) is 17.5 Å². The van der Waals surface area contributed by atoms with Gasteiger partial charge in [0, 0.05) is 18.2 Å². The second-order valence-corrected chi connectivity index (χ2v) is 6.96. The fraction of sp³-hybridized carbons (Fsp3) is 0.571. The Kier molecular flexibility index (Phi) is 4.82. The summed E-state index contributed by atoms with van der Waals surface area (Å²) in [5, 5.41) is 14.3. The number of hydrogen-bond acceptors (Lipinski definition) is 3. The van der Waals surface area contributed by atoms with Gasteiger partial charge in [0.25, 0.3) is 5.69 Å². The molecular formula is C14H18FIN2O2. The summed E-state index contributed by atoms with van der Waals surface area (Å²) in [6.07, 6.45) is 3.12. The van der Waals surface area contributed by atoms with Crippen molar-refractivity contribution in [3.8, 4) is 0 Å². The first-order valence-corrected chi connectivity index (χ1v) is 7.84. The van der Waals surface area contributed by atoms with Crippen LogP contribution in [0.1, 0.15) is 33.1 Å². The highest BCUT2D eigenvalue weighted by atomic mass is 127. The van der Waals surface area contributed by atoms with Gasteiger partial charge in [-0.1, -0.05) is 13.8 Å². The highest BCUT2D eigenvalue weighted by Crippen LogP contribution is 2.34. The largest absolute Gasteiger partial charge is 0.377 e. The lowest BCUT2D eigenvalue weighted by Crippen LogP contribution is -2.30. The third kappa shape index (κ3) is 3.59. The average molecular weight is 392 g/mol. The molecular weight excluding hydrogens is 374 g/mol. The summed E-state index contributed by atoms with van der Waals surface area (Å²) in [6.45, 7) is 4.38. The molecule has 1 fully saturated rings. The molecule has 2 rings (SSSR count). The van der Waals surface area contributed by atoms with E-state index in [0.717, 1.165) is 12.8 Å². The third-order valence-corrected chi connectivity index (χ3v) is 4.60. The molecule has 0 radical (unpaired) electrons. The highest BCUT2D eigenvalue weighted by molar-refractivity contribution is 14.1. The normalized spacial score (nSPS) is 26.3.